The molecule has 1 aliphatic heterocycles. The average Bonchev–Trinajstić information content (AvgIpc) is 2.70. The van der Waals surface area contributed by atoms with Gasteiger partial charge in [-0.1, -0.05) is 18.2 Å². The maximum absolute atomic E-state index is 13.3. The first kappa shape index (κ1) is 17.5. The van der Waals surface area contributed by atoms with E-state index >= 15 is 0 Å². The topological polar surface area (TPSA) is 67.9 Å². The number of halogens is 1. The van der Waals surface area contributed by atoms with E-state index in [0.717, 1.165) is 55.0 Å². The second-order valence-corrected chi connectivity index (χ2v) is 6.93. The van der Waals surface area contributed by atoms with Crippen LogP contribution in [0.1, 0.15) is 30.1 Å². The van der Waals surface area contributed by atoms with Gasteiger partial charge in [0.15, 0.2) is 0 Å². The second-order valence-electron chi connectivity index (χ2n) is 6.93. The van der Waals surface area contributed by atoms with E-state index in [1.54, 1.807) is 18.3 Å². The third kappa shape index (κ3) is 4.11. The van der Waals surface area contributed by atoms with Crippen LogP contribution in [-0.4, -0.2) is 32.9 Å². The fourth-order valence-corrected chi connectivity index (χ4v) is 3.72. The molecule has 0 unspecified atom stereocenters. The van der Waals surface area contributed by atoms with Gasteiger partial charge in [-0.3, -0.25) is 9.88 Å². The Hall–Kier alpha value is -2.86. The van der Waals surface area contributed by atoms with Crippen LogP contribution in [0, 0.1) is 5.82 Å². The number of hydrogen-bond acceptors (Lipinski definition) is 5. The number of aromatic nitrogens is 3. The van der Waals surface area contributed by atoms with Crippen molar-refractivity contribution in [3.05, 3.63) is 72.1 Å². The minimum absolute atomic E-state index is 0.254. The molecular weight excluding hydrogens is 341 g/mol. The number of likely N-dealkylation sites (tertiary alicyclic amines) is 1. The summed E-state index contributed by atoms with van der Waals surface area (Å²) in [6.45, 7) is 2.75. The van der Waals surface area contributed by atoms with Crippen molar-refractivity contribution in [2.24, 2.45) is 0 Å². The summed E-state index contributed by atoms with van der Waals surface area (Å²) in [7, 11) is 0. The van der Waals surface area contributed by atoms with Crippen LogP contribution in [0.3, 0.4) is 0 Å². The number of piperidine rings is 1. The van der Waals surface area contributed by atoms with Gasteiger partial charge in [0.2, 0.25) is 5.95 Å². The van der Waals surface area contributed by atoms with Crippen LogP contribution < -0.4 is 5.73 Å². The van der Waals surface area contributed by atoms with E-state index in [9.17, 15) is 4.39 Å². The standard InChI is InChI=1S/C21H22FN5/c22-17-8-6-15(7-9-17)19-12-25-21(23)26-20(19)16-4-3-11-27(13-16)14-18-5-1-2-10-24-18/h1-2,5-10,12,16H,3-4,11,13-14H2,(H2,23,25,26)/t16-/m1/s1. The summed E-state index contributed by atoms with van der Waals surface area (Å²) in [5.41, 5.74) is 9.74. The Bertz CT molecular complexity index is 898. The number of pyridine rings is 1. The Kier molecular flexibility index (Phi) is 5.07. The first-order valence-electron chi connectivity index (χ1n) is 9.19. The Morgan fingerprint density at radius 1 is 1.11 bits per heavy atom. The quantitative estimate of drug-likeness (QED) is 0.766. The molecule has 138 valence electrons. The number of nitrogens with zero attached hydrogens (tertiary/aromatic N) is 4. The van der Waals surface area contributed by atoms with Gasteiger partial charge in [-0.25, -0.2) is 14.4 Å². The van der Waals surface area contributed by atoms with Gasteiger partial charge in [0.1, 0.15) is 5.82 Å². The predicted octanol–water partition coefficient (Wildman–Crippen LogP) is 3.64. The molecule has 6 heteroatoms. The molecule has 0 spiro atoms. The first-order chi connectivity index (χ1) is 13.2. The molecule has 1 saturated heterocycles. The molecule has 5 nitrogen and oxygen atoms in total. The van der Waals surface area contributed by atoms with Gasteiger partial charge in [0.05, 0.1) is 11.4 Å². The van der Waals surface area contributed by atoms with Crippen molar-refractivity contribution in [2.45, 2.75) is 25.3 Å². The van der Waals surface area contributed by atoms with Gasteiger partial charge in [0.25, 0.3) is 0 Å². The molecule has 0 bridgehead atoms. The lowest BCUT2D eigenvalue weighted by Gasteiger charge is -2.33. The molecule has 2 aromatic heterocycles. The van der Waals surface area contributed by atoms with Gasteiger partial charge in [-0.15, -0.1) is 0 Å². The van der Waals surface area contributed by atoms with Crippen molar-refractivity contribution in [3.63, 3.8) is 0 Å². The minimum atomic E-state index is -0.254. The molecule has 1 fully saturated rings. The molecule has 0 aliphatic carbocycles. The van der Waals surface area contributed by atoms with Crippen LogP contribution in [0.15, 0.2) is 54.9 Å². The zero-order valence-electron chi connectivity index (χ0n) is 15.1. The highest BCUT2D eigenvalue weighted by molar-refractivity contribution is 5.66. The smallest absolute Gasteiger partial charge is 0.220 e. The van der Waals surface area contributed by atoms with E-state index < -0.39 is 0 Å². The molecule has 1 aliphatic rings. The van der Waals surface area contributed by atoms with E-state index in [2.05, 4.69) is 25.9 Å². The summed E-state index contributed by atoms with van der Waals surface area (Å²) >= 11 is 0. The van der Waals surface area contributed by atoms with Crippen LogP contribution in [0.5, 0.6) is 0 Å². The van der Waals surface area contributed by atoms with Crippen LogP contribution in [0.4, 0.5) is 10.3 Å². The summed E-state index contributed by atoms with van der Waals surface area (Å²) < 4.78 is 13.3. The van der Waals surface area contributed by atoms with E-state index in [4.69, 9.17) is 5.73 Å². The van der Waals surface area contributed by atoms with Crippen LogP contribution in [-0.2, 0) is 6.54 Å². The molecule has 27 heavy (non-hydrogen) atoms. The van der Waals surface area contributed by atoms with Gasteiger partial charge >= 0.3 is 0 Å². The number of anilines is 1. The van der Waals surface area contributed by atoms with Crippen LogP contribution >= 0.6 is 0 Å². The van der Waals surface area contributed by atoms with E-state index in [0.29, 0.717) is 0 Å². The van der Waals surface area contributed by atoms with Crippen LogP contribution in [0.2, 0.25) is 0 Å². The Balaban J connectivity index is 1.60. The van der Waals surface area contributed by atoms with Crippen molar-refractivity contribution in [1.82, 2.24) is 19.9 Å². The Morgan fingerprint density at radius 2 is 1.96 bits per heavy atom. The van der Waals surface area contributed by atoms with Gasteiger partial charge in [-0.05, 0) is 49.2 Å². The molecule has 1 atom stereocenters. The SMILES string of the molecule is Nc1ncc(-c2ccc(F)cc2)c([C@@H]2CCCN(Cc3ccccn3)C2)n1. The lowest BCUT2D eigenvalue weighted by atomic mass is 9.90. The first-order valence-corrected chi connectivity index (χ1v) is 9.19. The second kappa shape index (κ2) is 7.80. The summed E-state index contributed by atoms with van der Waals surface area (Å²) in [6.07, 6.45) is 5.71. The molecule has 2 N–H and O–H groups in total. The summed E-state index contributed by atoms with van der Waals surface area (Å²) in [4.78, 5) is 15.6. The number of benzene rings is 1. The van der Waals surface area contributed by atoms with Crippen molar-refractivity contribution in [3.8, 4) is 11.1 Å². The molecule has 0 amide bonds. The summed E-state index contributed by atoms with van der Waals surface area (Å²) in [5, 5.41) is 0. The van der Waals surface area contributed by atoms with Crippen molar-refractivity contribution in [2.75, 3.05) is 18.8 Å². The maximum Gasteiger partial charge on any atom is 0.220 e. The molecule has 3 aromatic rings. The predicted molar refractivity (Wildman–Crippen MR) is 103 cm³/mol. The van der Waals surface area contributed by atoms with Gasteiger partial charge in [0, 0.05) is 37.0 Å². The number of nitrogen functional groups attached to an aromatic ring is 1. The van der Waals surface area contributed by atoms with Crippen molar-refractivity contribution >= 4 is 5.95 Å². The van der Waals surface area contributed by atoms with Gasteiger partial charge < -0.3 is 5.73 Å². The maximum atomic E-state index is 13.3. The fraction of sp³-hybridized carbons (Fsp3) is 0.286. The number of rotatable bonds is 4. The molecule has 1 aromatic carbocycles. The van der Waals surface area contributed by atoms with Gasteiger partial charge in [-0.2, -0.15) is 0 Å². The summed E-state index contributed by atoms with van der Waals surface area (Å²) in [5.74, 6) is 0.279. The van der Waals surface area contributed by atoms with E-state index in [1.165, 1.54) is 12.1 Å². The molecule has 3 heterocycles. The van der Waals surface area contributed by atoms with Crippen LogP contribution in [0.25, 0.3) is 11.1 Å². The number of nitrogens with two attached hydrogens (primary N) is 1. The van der Waals surface area contributed by atoms with E-state index in [-0.39, 0.29) is 17.7 Å². The normalized spacial score (nSPS) is 17.7. The van der Waals surface area contributed by atoms with Crippen molar-refractivity contribution in [1.29, 1.82) is 0 Å². The zero-order chi connectivity index (χ0) is 18.6. The third-order valence-electron chi connectivity index (χ3n) is 5.00. The highest BCUT2D eigenvalue weighted by Crippen LogP contribution is 2.33. The molecule has 0 saturated carbocycles. The third-order valence-corrected chi connectivity index (χ3v) is 5.00. The minimum Gasteiger partial charge on any atom is -0.368 e. The lowest BCUT2D eigenvalue weighted by molar-refractivity contribution is 0.196. The monoisotopic (exact) mass is 363 g/mol. The molecular formula is C21H22FN5. The Labute approximate surface area is 158 Å². The van der Waals surface area contributed by atoms with E-state index in [1.807, 2.05) is 18.3 Å². The summed E-state index contributed by atoms with van der Waals surface area (Å²) in [6, 6.07) is 12.5. The lowest BCUT2D eigenvalue weighted by Crippen LogP contribution is -2.34. The largest absolute Gasteiger partial charge is 0.368 e. The highest BCUT2D eigenvalue weighted by atomic mass is 19.1. The molecule has 4 rings (SSSR count). The number of hydrogen-bond donors (Lipinski definition) is 1. The van der Waals surface area contributed by atoms with Crippen molar-refractivity contribution < 1.29 is 4.39 Å². The average molecular weight is 363 g/mol. The highest BCUT2D eigenvalue weighted by Gasteiger charge is 2.25. The fourth-order valence-electron chi connectivity index (χ4n) is 3.72. The molecule has 0 radical (unpaired) electrons. The Morgan fingerprint density at radius 3 is 2.74 bits per heavy atom. The zero-order valence-corrected chi connectivity index (χ0v) is 15.1.